The van der Waals surface area contributed by atoms with Gasteiger partial charge in [0.25, 0.3) is 0 Å². The highest BCUT2D eigenvalue weighted by atomic mass is 35.5. The number of nitrogens with zero attached hydrogens (tertiary/aromatic N) is 5. The summed E-state index contributed by atoms with van der Waals surface area (Å²) in [5.74, 6) is 0.242. The zero-order valence-electron chi connectivity index (χ0n) is 24.4. The van der Waals surface area contributed by atoms with Crippen molar-refractivity contribution in [2.24, 2.45) is 4.99 Å². The first-order valence-corrected chi connectivity index (χ1v) is 15.2. The van der Waals surface area contributed by atoms with E-state index in [2.05, 4.69) is 25.1 Å². The third kappa shape index (κ3) is 8.03. The summed E-state index contributed by atoms with van der Waals surface area (Å²) in [4.78, 5) is 35.6. The Balaban J connectivity index is 1.20. The highest BCUT2D eigenvalue weighted by Crippen LogP contribution is 2.35. The predicted octanol–water partition coefficient (Wildman–Crippen LogP) is 7.39. The zero-order chi connectivity index (χ0) is 32.3. The number of anilines is 1. The van der Waals surface area contributed by atoms with Crippen LogP contribution in [0.15, 0.2) is 78.0 Å². The molecule has 1 saturated heterocycles. The van der Waals surface area contributed by atoms with Gasteiger partial charge in [0, 0.05) is 16.6 Å². The van der Waals surface area contributed by atoms with Crippen LogP contribution in [-0.4, -0.2) is 50.0 Å². The fourth-order valence-electron chi connectivity index (χ4n) is 4.73. The number of halogens is 4. The van der Waals surface area contributed by atoms with Crippen LogP contribution in [0.4, 0.5) is 23.7 Å². The minimum atomic E-state index is -4.76. The summed E-state index contributed by atoms with van der Waals surface area (Å²) in [7, 11) is 0. The zero-order valence-corrected chi connectivity index (χ0v) is 26.0. The van der Waals surface area contributed by atoms with Crippen molar-refractivity contribution in [3.05, 3.63) is 89.2 Å². The molecule has 9 nitrogen and oxygen atoms in total. The molecule has 0 bridgehead atoms. The quantitative estimate of drug-likeness (QED) is 0.212. The fourth-order valence-corrected chi connectivity index (χ4v) is 5.75. The van der Waals surface area contributed by atoms with E-state index >= 15 is 0 Å². The maximum atomic E-state index is 12.9. The smallest absolute Gasteiger partial charge is 0.406 e. The Morgan fingerprint density at radius 3 is 2.47 bits per heavy atom. The number of benzene rings is 3. The number of ether oxygens (including phenoxy) is 1. The Morgan fingerprint density at radius 2 is 1.80 bits per heavy atom. The number of alkyl halides is 3. The largest absolute Gasteiger partial charge is 0.573 e. The molecule has 5 rings (SSSR count). The van der Waals surface area contributed by atoms with Gasteiger partial charge >= 0.3 is 12.4 Å². The van der Waals surface area contributed by atoms with Crippen molar-refractivity contribution in [3.63, 3.8) is 0 Å². The molecule has 1 N–H and O–H groups in total. The summed E-state index contributed by atoms with van der Waals surface area (Å²) in [6.45, 7) is 5.90. The summed E-state index contributed by atoms with van der Waals surface area (Å²) in [5.41, 5.74) is 3.76. The third-order valence-electron chi connectivity index (χ3n) is 6.77. The van der Waals surface area contributed by atoms with Gasteiger partial charge in [0.05, 0.1) is 17.1 Å². The molecule has 1 unspecified atom stereocenters. The van der Waals surface area contributed by atoms with Crippen LogP contribution in [0, 0.1) is 0 Å². The second-order valence-electron chi connectivity index (χ2n) is 10.6. The Bertz CT molecular complexity index is 1730. The Labute approximate surface area is 266 Å². The van der Waals surface area contributed by atoms with E-state index in [0.29, 0.717) is 33.8 Å². The number of carbonyl (C=O) groups excluding carboxylic acids is 2. The highest BCUT2D eigenvalue weighted by Gasteiger charge is 2.33. The van der Waals surface area contributed by atoms with Crippen LogP contribution in [-0.2, 0) is 11.2 Å². The van der Waals surface area contributed by atoms with Crippen LogP contribution >= 0.6 is 23.4 Å². The van der Waals surface area contributed by atoms with Gasteiger partial charge < -0.3 is 10.1 Å². The molecule has 4 aromatic rings. The first-order valence-electron chi connectivity index (χ1n) is 13.9. The van der Waals surface area contributed by atoms with Gasteiger partial charge in [0.2, 0.25) is 5.91 Å². The molecule has 1 aliphatic rings. The van der Waals surface area contributed by atoms with Crippen molar-refractivity contribution < 1.29 is 27.5 Å². The van der Waals surface area contributed by atoms with Crippen LogP contribution in [0.5, 0.6) is 5.75 Å². The topological polar surface area (TPSA) is 102 Å². The molecule has 1 fully saturated rings. The lowest BCUT2D eigenvalue weighted by atomic mass is 10.0. The van der Waals surface area contributed by atoms with Gasteiger partial charge in [-0.05, 0) is 66.8 Å². The molecular weight excluding hydrogens is 629 g/mol. The lowest BCUT2D eigenvalue weighted by Gasteiger charge is -2.22. The molecule has 0 radical (unpaired) electrons. The van der Waals surface area contributed by atoms with Crippen LogP contribution in [0.3, 0.4) is 0 Å². The minimum absolute atomic E-state index is 0.131. The summed E-state index contributed by atoms with van der Waals surface area (Å²) < 4.78 is 42.6. The number of hydrogen-bond acceptors (Lipinski definition) is 6. The number of amides is 3. The highest BCUT2D eigenvalue weighted by molar-refractivity contribution is 8.15. The fraction of sp³-hybridized carbons (Fsp3) is 0.258. The number of rotatable bonds is 8. The van der Waals surface area contributed by atoms with Crippen LogP contribution in [0.1, 0.15) is 37.8 Å². The van der Waals surface area contributed by atoms with E-state index in [1.165, 1.54) is 51.9 Å². The molecule has 3 aromatic carbocycles. The predicted molar refractivity (Wildman–Crippen MR) is 168 cm³/mol. The summed E-state index contributed by atoms with van der Waals surface area (Å²) in [6, 6.07) is 17.3. The first kappa shape index (κ1) is 32.0. The van der Waals surface area contributed by atoms with Gasteiger partial charge in [-0.3, -0.25) is 9.69 Å². The molecule has 234 valence electrons. The molecule has 0 saturated carbocycles. The van der Waals surface area contributed by atoms with Gasteiger partial charge in [-0.2, -0.15) is 4.99 Å². The molecule has 0 aliphatic carbocycles. The number of nitrogens with one attached hydrogen (secondary N) is 1. The van der Waals surface area contributed by atoms with E-state index in [1.807, 2.05) is 51.1 Å². The Hall–Kier alpha value is -4.36. The normalized spacial score (nSPS) is 15.2. The van der Waals surface area contributed by atoms with Gasteiger partial charge in [0.1, 0.15) is 12.1 Å². The molecule has 1 atom stereocenters. The molecule has 0 spiro atoms. The van der Waals surface area contributed by atoms with Crippen molar-refractivity contribution in [1.82, 2.24) is 20.1 Å². The first-order chi connectivity index (χ1) is 21.4. The van der Waals surface area contributed by atoms with Crippen molar-refractivity contribution in [3.8, 4) is 22.8 Å². The van der Waals surface area contributed by atoms with E-state index in [9.17, 15) is 22.8 Å². The minimum Gasteiger partial charge on any atom is -0.406 e. The number of carbonyl (C=O) groups is 2. The summed E-state index contributed by atoms with van der Waals surface area (Å²) in [5, 5.41) is 8.08. The van der Waals surface area contributed by atoms with E-state index < -0.39 is 12.4 Å². The second-order valence-corrected chi connectivity index (χ2v) is 12.0. The van der Waals surface area contributed by atoms with Crippen molar-refractivity contribution >= 4 is 46.2 Å². The standard InChI is InChI=1S/C31H28ClF3N6O3S/c1-18(2)25-13-8-22(32)15-26(25)41-27(42)16-45-30(41)38-29(43)37-19(3)14-20-4-6-21(7-5-20)28-36-17-40(39-28)23-9-11-24(12-10-23)44-31(33,34)35/h4-13,15,17-19H,14,16H2,1-3H3,(H,37,43)/b38-30-. The van der Waals surface area contributed by atoms with Gasteiger partial charge in [0.15, 0.2) is 11.0 Å². The van der Waals surface area contributed by atoms with Crippen LogP contribution in [0.25, 0.3) is 17.1 Å². The number of urea groups is 1. The maximum Gasteiger partial charge on any atom is 0.573 e. The van der Waals surface area contributed by atoms with Gasteiger partial charge in [-0.25, -0.2) is 14.5 Å². The number of aliphatic imine (C=N–C) groups is 1. The van der Waals surface area contributed by atoms with E-state index in [1.54, 1.807) is 12.1 Å². The lowest BCUT2D eigenvalue weighted by Crippen LogP contribution is -2.35. The van der Waals surface area contributed by atoms with Crippen molar-refractivity contribution in [2.75, 3.05) is 10.7 Å². The van der Waals surface area contributed by atoms with Crippen LogP contribution < -0.4 is 15.0 Å². The molecule has 1 aliphatic heterocycles. The maximum absolute atomic E-state index is 12.9. The second kappa shape index (κ2) is 13.3. The monoisotopic (exact) mass is 656 g/mol. The lowest BCUT2D eigenvalue weighted by molar-refractivity contribution is -0.274. The van der Waals surface area contributed by atoms with Gasteiger partial charge in [-0.1, -0.05) is 67.5 Å². The van der Waals surface area contributed by atoms with Crippen LogP contribution in [0.2, 0.25) is 5.02 Å². The van der Waals surface area contributed by atoms with E-state index in [0.717, 1.165) is 16.7 Å². The number of aromatic nitrogens is 3. The summed E-state index contributed by atoms with van der Waals surface area (Å²) in [6.07, 6.45) is -2.78. The average Bonchev–Trinajstić information content (AvgIpc) is 3.60. The third-order valence-corrected chi connectivity index (χ3v) is 7.93. The molecular formula is C31H28ClF3N6O3S. The Kier molecular flexibility index (Phi) is 9.49. The van der Waals surface area contributed by atoms with E-state index in [-0.39, 0.29) is 29.4 Å². The average molecular weight is 657 g/mol. The van der Waals surface area contributed by atoms with Gasteiger partial charge in [-0.15, -0.1) is 18.3 Å². The number of amidine groups is 1. The molecule has 3 amide bonds. The SMILES string of the molecule is CC(Cc1ccc(-c2ncn(-c3ccc(OC(F)(F)F)cc3)n2)cc1)NC(=O)/N=C1\SCC(=O)N1c1cc(Cl)ccc1C(C)C. The Morgan fingerprint density at radius 1 is 1.09 bits per heavy atom. The molecule has 14 heteroatoms. The molecule has 2 heterocycles. The van der Waals surface area contributed by atoms with E-state index in [4.69, 9.17) is 11.6 Å². The summed E-state index contributed by atoms with van der Waals surface area (Å²) >= 11 is 7.44. The van der Waals surface area contributed by atoms with Crippen molar-refractivity contribution in [2.45, 2.75) is 45.5 Å². The number of hydrogen-bond donors (Lipinski definition) is 1. The number of thioether (sulfide) groups is 1. The molecule has 1 aromatic heterocycles. The molecule has 45 heavy (non-hydrogen) atoms. The van der Waals surface area contributed by atoms with Crippen molar-refractivity contribution in [1.29, 1.82) is 0 Å².